The molecule has 3 rings (SSSR count). The summed E-state index contributed by atoms with van der Waals surface area (Å²) in [5.41, 5.74) is 5.24. The Balaban J connectivity index is 2.33. The molecular formula is C15H12N2. The zero-order valence-electron chi connectivity index (χ0n) is 9.64. The van der Waals surface area contributed by atoms with Crippen LogP contribution in [0.25, 0.3) is 5.57 Å². The van der Waals surface area contributed by atoms with Gasteiger partial charge in [-0.05, 0) is 24.1 Å². The van der Waals surface area contributed by atoms with Crippen LogP contribution in [0.3, 0.4) is 0 Å². The van der Waals surface area contributed by atoms with Gasteiger partial charge in [0.1, 0.15) is 6.07 Å². The molecule has 1 aliphatic heterocycles. The molecule has 0 aromatic heterocycles. The number of anilines is 1. The molecule has 0 unspecified atom stereocenters. The van der Waals surface area contributed by atoms with Gasteiger partial charge in [-0.3, -0.25) is 0 Å². The predicted octanol–water partition coefficient (Wildman–Crippen LogP) is 3.26. The first-order valence-electron chi connectivity index (χ1n) is 5.66. The number of nitrogens with zero attached hydrogens (tertiary/aromatic N) is 2. The quantitative estimate of drug-likeness (QED) is 0.671. The lowest BCUT2D eigenvalue weighted by Crippen LogP contribution is -2.24. The maximum atomic E-state index is 9.39. The van der Waals surface area contributed by atoms with E-state index in [1.165, 1.54) is 0 Å². The lowest BCUT2D eigenvalue weighted by atomic mass is 9.88. The molecule has 0 fully saturated rings. The summed E-state index contributed by atoms with van der Waals surface area (Å²) in [6, 6.07) is 10.4. The molecule has 0 radical (unpaired) electrons. The number of hydrogen-bond acceptors (Lipinski definition) is 2. The molecule has 0 amide bonds. The monoisotopic (exact) mass is 220 g/mol. The molecule has 0 saturated carbocycles. The molecule has 0 bridgehead atoms. The smallest absolute Gasteiger partial charge is 0.100 e. The topological polar surface area (TPSA) is 27.0 Å². The summed E-state index contributed by atoms with van der Waals surface area (Å²) in [4.78, 5) is 2.16. The first-order chi connectivity index (χ1) is 8.33. The van der Waals surface area contributed by atoms with Crippen molar-refractivity contribution in [1.29, 1.82) is 5.26 Å². The summed E-state index contributed by atoms with van der Waals surface area (Å²) in [7, 11) is 2.05. The highest BCUT2D eigenvalue weighted by molar-refractivity contribution is 5.93. The third-order valence-corrected chi connectivity index (χ3v) is 3.33. The van der Waals surface area contributed by atoms with Gasteiger partial charge >= 0.3 is 0 Å². The second-order valence-corrected chi connectivity index (χ2v) is 4.23. The Bertz CT molecular complexity index is 612. The van der Waals surface area contributed by atoms with E-state index in [-0.39, 0.29) is 0 Å². The first-order valence-corrected chi connectivity index (χ1v) is 5.66. The van der Waals surface area contributed by atoms with Gasteiger partial charge in [-0.1, -0.05) is 30.4 Å². The van der Waals surface area contributed by atoms with Crippen LogP contribution in [0.5, 0.6) is 0 Å². The van der Waals surface area contributed by atoms with Gasteiger partial charge in [0.25, 0.3) is 0 Å². The van der Waals surface area contributed by atoms with E-state index in [1.54, 1.807) is 0 Å². The lowest BCUT2D eigenvalue weighted by molar-refractivity contribution is 1.03. The molecule has 0 atom stereocenters. The predicted molar refractivity (Wildman–Crippen MR) is 69.2 cm³/mol. The van der Waals surface area contributed by atoms with Crippen molar-refractivity contribution < 1.29 is 0 Å². The maximum absolute atomic E-state index is 9.39. The van der Waals surface area contributed by atoms with Crippen molar-refractivity contribution in [2.24, 2.45) is 0 Å². The maximum Gasteiger partial charge on any atom is 0.100 e. The Labute approximate surface area is 101 Å². The van der Waals surface area contributed by atoms with E-state index in [4.69, 9.17) is 0 Å². The molecule has 1 aromatic carbocycles. The van der Waals surface area contributed by atoms with Crippen molar-refractivity contribution in [2.75, 3.05) is 11.9 Å². The molecule has 0 N–H and O–H groups in total. The van der Waals surface area contributed by atoms with E-state index in [2.05, 4.69) is 42.3 Å². The van der Waals surface area contributed by atoms with Crippen LogP contribution >= 0.6 is 0 Å². The molecule has 2 nitrogen and oxygen atoms in total. The fourth-order valence-corrected chi connectivity index (χ4v) is 2.49. The molecule has 1 heterocycles. The van der Waals surface area contributed by atoms with Crippen molar-refractivity contribution in [3.63, 3.8) is 0 Å². The van der Waals surface area contributed by atoms with Gasteiger partial charge < -0.3 is 4.90 Å². The van der Waals surface area contributed by atoms with Crippen LogP contribution in [-0.2, 0) is 0 Å². The molecule has 17 heavy (non-hydrogen) atoms. The SMILES string of the molecule is CN1C2=CC=CCC2=C(C#N)c2ccccc21. The molecule has 2 heteroatoms. The fourth-order valence-electron chi connectivity index (χ4n) is 2.49. The number of allylic oxidation sites excluding steroid dienone is 5. The highest BCUT2D eigenvalue weighted by Gasteiger charge is 2.26. The number of hydrogen-bond donors (Lipinski definition) is 0. The molecule has 0 saturated heterocycles. The van der Waals surface area contributed by atoms with E-state index >= 15 is 0 Å². The minimum Gasteiger partial charge on any atom is -0.344 e. The van der Waals surface area contributed by atoms with E-state index in [1.807, 2.05) is 18.2 Å². The van der Waals surface area contributed by atoms with Gasteiger partial charge in [0.15, 0.2) is 0 Å². The zero-order valence-corrected chi connectivity index (χ0v) is 9.64. The molecule has 0 spiro atoms. The highest BCUT2D eigenvalue weighted by Crippen LogP contribution is 2.41. The van der Waals surface area contributed by atoms with Crippen molar-refractivity contribution in [2.45, 2.75) is 6.42 Å². The summed E-state index contributed by atoms with van der Waals surface area (Å²) in [5.74, 6) is 0. The first kappa shape index (κ1) is 9.92. The number of likely N-dealkylation sites (N-methyl/N-ethyl adjacent to an activating group) is 1. The number of rotatable bonds is 0. The number of fused-ring (bicyclic) bond motifs is 2. The normalized spacial score (nSPS) is 17.2. The highest BCUT2D eigenvalue weighted by atomic mass is 15.1. The third-order valence-electron chi connectivity index (χ3n) is 3.33. The number of nitriles is 1. The van der Waals surface area contributed by atoms with E-state index in [0.29, 0.717) is 0 Å². The summed E-state index contributed by atoms with van der Waals surface area (Å²) in [5, 5.41) is 9.39. The van der Waals surface area contributed by atoms with E-state index in [0.717, 1.165) is 34.5 Å². The van der Waals surface area contributed by atoms with Gasteiger partial charge in [0.05, 0.1) is 5.57 Å². The Hall–Kier alpha value is -2.27. The van der Waals surface area contributed by atoms with Crippen molar-refractivity contribution in [3.8, 4) is 6.07 Å². The van der Waals surface area contributed by atoms with Crippen molar-refractivity contribution in [3.05, 3.63) is 59.3 Å². The average Bonchev–Trinajstić information content (AvgIpc) is 2.40. The van der Waals surface area contributed by atoms with Crippen LogP contribution in [0.2, 0.25) is 0 Å². The Kier molecular flexibility index (Phi) is 2.12. The minimum absolute atomic E-state index is 0.814. The largest absolute Gasteiger partial charge is 0.344 e. The van der Waals surface area contributed by atoms with Gasteiger partial charge in [0.2, 0.25) is 0 Å². The summed E-state index contributed by atoms with van der Waals surface area (Å²) >= 11 is 0. The van der Waals surface area contributed by atoms with Gasteiger partial charge in [-0.15, -0.1) is 0 Å². The second kappa shape index (κ2) is 3.64. The Morgan fingerprint density at radius 2 is 2.12 bits per heavy atom. The van der Waals surface area contributed by atoms with Gasteiger partial charge in [0, 0.05) is 24.0 Å². The zero-order chi connectivity index (χ0) is 11.8. The molecule has 1 aromatic rings. The second-order valence-electron chi connectivity index (χ2n) is 4.23. The summed E-state index contributed by atoms with van der Waals surface area (Å²) < 4.78 is 0. The van der Waals surface area contributed by atoms with Crippen LogP contribution in [0, 0.1) is 11.3 Å². The van der Waals surface area contributed by atoms with Crippen LogP contribution in [0.15, 0.2) is 53.8 Å². The van der Waals surface area contributed by atoms with Crippen LogP contribution in [-0.4, -0.2) is 7.05 Å². The van der Waals surface area contributed by atoms with E-state index < -0.39 is 0 Å². The third kappa shape index (κ3) is 1.33. The molecule has 2 aliphatic rings. The van der Waals surface area contributed by atoms with Crippen LogP contribution in [0.1, 0.15) is 12.0 Å². The van der Waals surface area contributed by atoms with Gasteiger partial charge in [-0.2, -0.15) is 5.26 Å². The number of para-hydroxylation sites is 1. The fraction of sp³-hybridized carbons (Fsp3) is 0.133. The Morgan fingerprint density at radius 1 is 1.29 bits per heavy atom. The molecular weight excluding hydrogens is 208 g/mol. The average molecular weight is 220 g/mol. The van der Waals surface area contributed by atoms with E-state index in [9.17, 15) is 5.26 Å². The standard InChI is InChI=1S/C15H12N2/c1-17-14-8-4-2-6-11(14)13(10-16)12-7-3-5-9-15(12)17/h2-6,8-9H,7H2,1H3. The number of benzene rings is 1. The lowest BCUT2D eigenvalue weighted by Gasteiger charge is -2.33. The Morgan fingerprint density at radius 3 is 2.94 bits per heavy atom. The summed E-state index contributed by atoms with van der Waals surface area (Å²) in [6.07, 6.45) is 7.07. The van der Waals surface area contributed by atoms with Crippen LogP contribution in [0.4, 0.5) is 5.69 Å². The van der Waals surface area contributed by atoms with Crippen LogP contribution < -0.4 is 4.90 Å². The molecule has 1 aliphatic carbocycles. The van der Waals surface area contributed by atoms with Crippen molar-refractivity contribution >= 4 is 11.3 Å². The molecule has 82 valence electrons. The van der Waals surface area contributed by atoms with Crippen molar-refractivity contribution in [1.82, 2.24) is 0 Å². The summed E-state index contributed by atoms with van der Waals surface area (Å²) in [6.45, 7) is 0. The minimum atomic E-state index is 0.814. The van der Waals surface area contributed by atoms with Gasteiger partial charge in [-0.25, -0.2) is 0 Å².